The summed E-state index contributed by atoms with van der Waals surface area (Å²) in [6.07, 6.45) is 0.511. The van der Waals surface area contributed by atoms with Gasteiger partial charge in [0.05, 0.1) is 13.5 Å². The number of ether oxygens (including phenoxy) is 1. The maximum absolute atomic E-state index is 11.2. The van der Waals surface area contributed by atoms with Crippen molar-refractivity contribution in [2.45, 2.75) is 45.3 Å². The maximum Gasteiger partial charge on any atom is 0.306 e. The van der Waals surface area contributed by atoms with Crippen LogP contribution in [0.4, 0.5) is 0 Å². The predicted molar refractivity (Wildman–Crippen MR) is 81.8 cm³/mol. The van der Waals surface area contributed by atoms with Crippen molar-refractivity contribution in [2.24, 2.45) is 0 Å². The van der Waals surface area contributed by atoms with Gasteiger partial charge in [-0.1, -0.05) is 33.9 Å². The van der Waals surface area contributed by atoms with Crippen molar-refractivity contribution in [3.63, 3.8) is 0 Å². The Morgan fingerprint density at radius 3 is 2.11 bits per heavy atom. The van der Waals surface area contributed by atoms with Gasteiger partial charge in [0.15, 0.2) is 0 Å². The van der Waals surface area contributed by atoms with Crippen LogP contribution < -0.4 is 0 Å². The molecule has 0 saturated carbocycles. The Kier molecular flexibility index (Phi) is 5.59. The number of hydrogen-bond donors (Lipinski definition) is 0. The predicted octanol–water partition coefficient (Wildman–Crippen LogP) is 2.17. The zero-order valence-electron chi connectivity index (χ0n) is 13.5. The highest BCUT2D eigenvalue weighted by Gasteiger charge is 2.41. The van der Waals surface area contributed by atoms with Crippen molar-refractivity contribution in [2.75, 3.05) is 39.8 Å². The fourth-order valence-corrected chi connectivity index (χ4v) is 4.62. The van der Waals surface area contributed by atoms with Crippen molar-refractivity contribution < 1.29 is 9.53 Å². The molecule has 0 spiro atoms. The summed E-state index contributed by atoms with van der Waals surface area (Å²) in [7, 11) is 0.0858. The number of rotatable bonds is 4. The molecule has 1 heterocycles. The Bertz CT molecular complexity index is 305. The smallest absolute Gasteiger partial charge is 0.306 e. The molecule has 1 rings (SSSR count). The molecule has 0 unspecified atom stereocenters. The highest BCUT2D eigenvalue weighted by Crippen LogP contribution is 2.38. The fraction of sp³-hybridized carbons (Fsp3) is 0.929. The van der Waals surface area contributed by atoms with E-state index in [-0.39, 0.29) is 5.97 Å². The van der Waals surface area contributed by atoms with Gasteiger partial charge in [-0.3, -0.25) is 4.79 Å². The minimum Gasteiger partial charge on any atom is -0.469 e. The summed E-state index contributed by atoms with van der Waals surface area (Å²) in [5, 5.41) is 0.404. The first-order valence-electron chi connectivity index (χ1n) is 7.22. The molecule has 0 atom stereocenters. The molecule has 4 nitrogen and oxygen atoms in total. The zero-order valence-corrected chi connectivity index (χ0v) is 14.5. The van der Waals surface area contributed by atoms with Crippen LogP contribution in [0.25, 0.3) is 0 Å². The number of carbonyl (C=O) groups excluding carboxylic acids is 1. The second kappa shape index (κ2) is 6.37. The molecule has 0 bridgehead atoms. The highest BCUT2D eigenvalue weighted by molar-refractivity contribution is 6.77. The van der Waals surface area contributed by atoms with Gasteiger partial charge in [0.1, 0.15) is 8.24 Å². The lowest BCUT2D eigenvalue weighted by molar-refractivity contribution is -0.141. The van der Waals surface area contributed by atoms with Gasteiger partial charge in [-0.05, 0) is 5.04 Å². The van der Waals surface area contributed by atoms with Gasteiger partial charge >= 0.3 is 5.97 Å². The van der Waals surface area contributed by atoms with E-state index in [1.165, 1.54) is 7.11 Å². The minimum atomic E-state index is -1.37. The molecule has 5 heteroatoms. The van der Waals surface area contributed by atoms with Crippen LogP contribution in [0.5, 0.6) is 0 Å². The summed E-state index contributed by atoms with van der Waals surface area (Å²) in [5.74, 6) is -0.105. The first-order chi connectivity index (χ1) is 8.68. The molecular formula is C14H30N2O2Si. The van der Waals surface area contributed by atoms with Crippen LogP contribution >= 0.6 is 0 Å². The Morgan fingerprint density at radius 1 is 1.16 bits per heavy atom. The zero-order chi connectivity index (χ0) is 14.7. The molecule has 1 aliphatic rings. The third-order valence-electron chi connectivity index (χ3n) is 4.86. The molecular weight excluding hydrogens is 256 g/mol. The minimum absolute atomic E-state index is 0.105. The summed E-state index contributed by atoms with van der Waals surface area (Å²) >= 11 is 0. The molecule has 0 aromatic heterocycles. The Hall–Kier alpha value is -0.393. The molecule has 0 aromatic rings. The number of carbonyl (C=O) groups is 1. The van der Waals surface area contributed by atoms with E-state index in [0.29, 0.717) is 11.5 Å². The molecule has 0 amide bonds. The summed E-state index contributed by atoms with van der Waals surface area (Å²) in [5.41, 5.74) is 0. The molecule has 1 aliphatic heterocycles. The molecule has 0 aromatic carbocycles. The van der Waals surface area contributed by atoms with E-state index in [1.54, 1.807) is 0 Å². The monoisotopic (exact) mass is 286 g/mol. The SMILES string of the molecule is COC(=O)CCN1CCN([Si](C)(C)C(C)(C)C)CC1. The molecule has 1 fully saturated rings. The van der Waals surface area contributed by atoms with Gasteiger partial charge in [0.2, 0.25) is 0 Å². The van der Waals surface area contributed by atoms with Gasteiger partial charge in [-0.25, -0.2) is 0 Å². The lowest BCUT2D eigenvalue weighted by Gasteiger charge is -2.49. The third kappa shape index (κ3) is 4.29. The average molecular weight is 286 g/mol. The molecule has 19 heavy (non-hydrogen) atoms. The second-order valence-electron chi connectivity index (χ2n) is 6.96. The summed E-state index contributed by atoms with van der Waals surface area (Å²) in [4.78, 5) is 13.5. The number of hydrogen-bond acceptors (Lipinski definition) is 4. The van der Waals surface area contributed by atoms with E-state index in [2.05, 4.69) is 43.3 Å². The quantitative estimate of drug-likeness (QED) is 0.586. The van der Waals surface area contributed by atoms with Crippen LogP contribution in [0.2, 0.25) is 18.1 Å². The van der Waals surface area contributed by atoms with Crippen molar-refractivity contribution in [1.82, 2.24) is 9.47 Å². The topological polar surface area (TPSA) is 32.8 Å². The first kappa shape index (κ1) is 16.7. The lowest BCUT2D eigenvalue weighted by atomic mass is 10.2. The first-order valence-corrected chi connectivity index (χ1v) is 10.2. The highest BCUT2D eigenvalue weighted by atomic mass is 28.3. The largest absolute Gasteiger partial charge is 0.469 e. The van der Waals surface area contributed by atoms with E-state index in [9.17, 15) is 4.79 Å². The van der Waals surface area contributed by atoms with Crippen LogP contribution in [0.1, 0.15) is 27.2 Å². The van der Waals surface area contributed by atoms with E-state index >= 15 is 0 Å². The van der Waals surface area contributed by atoms with Gasteiger partial charge in [0, 0.05) is 32.7 Å². The summed E-state index contributed by atoms with van der Waals surface area (Å²) in [6.45, 7) is 17.3. The van der Waals surface area contributed by atoms with Gasteiger partial charge in [-0.2, -0.15) is 0 Å². The molecule has 0 N–H and O–H groups in total. The Balaban J connectivity index is 2.43. The summed E-state index contributed by atoms with van der Waals surface area (Å²) < 4.78 is 7.40. The van der Waals surface area contributed by atoms with E-state index < -0.39 is 8.24 Å². The van der Waals surface area contributed by atoms with Gasteiger partial charge in [0.25, 0.3) is 0 Å². The van der Waals surface area contributed by atoms with Crippen molar-refractivity contribution in [3.05, 3.63) is 0 Å². The Morgan fingerprint density at radius 2 is 1.68 bits per heavy atom. The number of piperazine rings is 1. The van der Waals surface area contributed by atoms with E-state index in [1.807, 2.05) is 0 Å². The second-order valence-corrected chi connectivity index (χ2v) is 12.2. The van der Waals surface area contributed by atoms with E-state index in [4.69, 9.17) is 4.74 Å². The van der Waals surface area contributed by atoms with Crippen LogP contribution in [0.3, 0.4) is 0 Å². The van der Waals surface area contributed by atoms with Crippen molar-refractivity contribution in [3.8, 4) is 0 Å². The van der Waals surface area contributed by atoms with Crippen LogP contribution in [-0.2, 0) is 9.53 Å². The van der Waals surface area contributed by atoms with Crippen LogP contribution in [0.15, 0.2) is 0 Å². The van der Waals surface area contributed by atoms with Crippen LogP contribution in [0, 0.1) is 0 Å². The Labute approximate surface area is 119 Å². The molecule has 112 valence electrons. The number of esters is 1. The lowest BCUT2D eigenvalue weighted by Crippen LogP contribution is -2.61. The van der Waals surface area contributed by atoms with Crippen LogP contribution in [-0.4, -0.2) is 63.5 Å². The average Bonchev–Trinajstić information content (AvgIpc) is 2.35. The van der Waals surface area contributed by atoms with Crippen molar-refractivity contribution >= 4 is 14.2 Å². The summed E-state index contributed by atoms with van der Waals surface area (Å²) in [6, 6.07) is 0. The van der Waals surface area contributed by atoms with E-state index in [0.717, 1.165) is 32.7 Å². The maximum atomic E-state index is 11.2. The number of nitrogens with zero attached hydrogens (tertiary/aromatic N) is 2. The normalized spacial score (nSPS) is 19.5. The van der Waals surface area contributed by atoms with Gasteiger partial charge in [-0.15, -0.1) is 0 Å². The van der Waals surface area contributed by atoms with Crippen molar-refractivity contribution in [1.29, 1.82) is 0 Å². The molecule has 0 radical (unpaired) electrons. The molecule has 0 aliphatic carbocycles. The standard InChI is InChI=1S/C14H30N2O2Si/c1-14(2,3)19(5,6)16-11-9-15(10-12-16)8-7-13(17)18-4/h7-12H2,1-6H3. The van der Waals surface area contributed by atoms with Gasteiger partial charge < -0.3 is 14.2 Å². The third-order valence-corrected chi connectivity index (χ3v) is 10.6. The fourth-order valence-electron chi connectivity index (χ4n) is 2.36. The molecule has 1 saturated heterocycles. The number of methoxy groups -OCH3 is 1.